The van der Waals surface area contributed by atoms with Crippen molar-refractivity contribution in [1.29, 1.82) is 0 Å². The number of hydrogen-bond acceptors (Lipinski definition) is 5. The van der Waals surface area contributed by atoms with Crippen LogP contribution in [0.3, 0.4) is 0 Å². The molecule has 6 rings (SSSR count). The van der Waals surface area contributed by atoms with Crippen molar-refractivity contribution in [3.63, 3.8) is 0 Å². The Morgan fingerprint density at radius 1 is 1.03 bits per heavy atom. The van der Waals surface area contributed by atoms with E-state index in [0.717, 1.165) is 32.6 Å². The average molecular weight is 505 g/mol. The number of ether oxygens (including phenoxy) is 2. The molecule has 2 aliphatic rings. The maximum Gasteiger partial charge on any atom is 0.226 e. The minimum Gasteiger partial charge on any atom is -0.497 e. The highest BCUT2D eigenvalue weighted by Crippen LogP contribution is 2.50. The molecule has 1 N–H and O–H groups in total. The zero-order valence-corrected chi connectivity index (χ0v) is 19.1. The number of nitrogens with one attached hydrogen (secondary N) is 1. The van der Waals surface area contributed by atoms with E-state index in [1.165, 1.54) is 18.5 Å². The van der Waals surface area contributed by atoms with Gasteiger partial charge in [-0.3, -0.25) is 0 Å². The maximum atomic E-state index is 14.3. The van der Waals surface area contributed by atoms with Crippen molar-refractivity contribution in [2.24, 2.45) is 0 Å². The Labute approximate surface area is 197 Å². The molecular formula is C25H18BrFN4O2. The quantitative estimate of drug-likeness (QED) is 0.385. The molecule has 0 spiro atoms. The number of methoxy groups -OCH3 is 1. The molecule has 8 heteroatoms. The van der Waals surface area contributed by atoms with Crippen LogP contribution in [0.25, 0.3) is 5.70 Å². The summed E-state index contributed by atoms with van der Waals surface area (Å²) >= 11 is 3.52. The van der Waals surface area contributed by atoms with Gasteiger partial charge in [0.2, 0.25) is 5.95 Å². The third kappa shape index (κ3) is 3.29. The summed E-state index contributed by atoms with van der Waals surface area (Å²) in [4.78, 5) is 4.40. The molecule has 0 aliphatic carbocycles. The van der Waals surface area contributed by atoms with Crippen LogP contribution >= 0.6 is 15.9 Å². The van der Waals surface area contributed by atoms with Crippen LogP contribution in [-0.4, -0.2) is 21.9 Å². The summed E-state index contributed by atoms with van der Waals surface area (Å²) < 4.78 is 29.0. The predicted molar refractivity (Wildman–Crippen MR) is 126 cm³/mol. The minimum atomic E-state index is -0.428. The molecule has 2 atom stereocenters. The average Bonchev–Trinajstić information content (AvgIpc) is 3.31. The van der Waals surface area contributed by atoms with Crippen LogP contribution in [0.4, 0.5) is 10.3 Å². The number of benzene rings is 3. The highest BCUT2D eigenvalue weighted by atomic mass is 79.9. The summed E-state index contributed by atoms with van der Waals surface area (Å²) in [5.74, 6) is 1.62. The first-order chi connectivity index (χ1) is 16.1. The zero-order chi connectivity index (χ0) is 22.5. The predicted octanol–water partition coefficient (Wildman–Crippen LogP) is 5.75. The number of rotatable bonds is 3. The summed E-state index contributed by atoms with van der Waals surface area (Å²) in [6.07, 6.45) is 1.09. The number of halogens is 2. The topological polar surface area (TPSA) is 61.2 Å². The highest BCUT2D eigenvalue weighted by Gasteiger charge is 2.41. The molecule has 0 bridgehead atoms. The van der Waals surface area contributed by atoms with Gasteiger partial charge in [0.05, 0.1) is 12.8 Å². The van der Waals surface area contributed by atoms with E-state index in [2.05, 4.69) is 31.3 Å². The van der Waals surface area contributed by atoms with Crippen LogP contribution in [-0.2, 0) is 0 Å². The van der Waals surface area contributed by atoms with E-state index >= 15 is 0 Å². The zero-order valence-electron chi connectivity index (χ0n) is 17.5. The third-order valence-electron chi connectivity index (χ3n) is 5.98. The van der Waals surface area contributed by atoms with Crippen LogP contribution in [0.2, 0.25) is 0 Å². The molecular weight excluding hydrogens is 487 g/mol. The van der Waals surface area contributed by atoms with Gasteiger partial charge in [-0.2, -0.15) is 10.1 Å². The molecule has 0 saturated carbocycles. The molecule has 0 radical (unpaired) electrons. The molecule has 0 amide bonds. The summed E-state index contributed by atoms with van der Waals surface area (Å²) in [7, 11) is 1.64. The second-order valence-electron chi connectivity index (χ2n) is 7.85. The fourth-order valence-corrected chi connectivity index (χ4v) is 4.73. The summed E-state index contributed by atoms with van der Waals surface area (Å²) in [5, 5.41) is 7.89. The minimum absolute atomic E-state index is 0.296. The Morgan fingerprint density at radius 3 is 2.55 bits per heavy atom. The van der Waals surface area contributed by atoms with Gasteiger partial charge < -0.3 is 14.8 Å². The number of hydrogen-bond donors (Lipinski definition) is 1. The third-order valence-corrected chi connectivity index (χ3v) is 6.51. The monoisotopic (exact) mass is 504 g/mol. The van der Waals surface area contributed by atoms with E-state index in [0.29, 0.717) is 17.3 Å². The lowest BCUT2D eigenvalue weighted by Gasteiger charge is -2.39. The number of anilines is 1. The molecule has 0 unspecified atom stereocenters. The fourth-order valence-electron chi connectivity index (χ4n) is 4.46. The molecule has 3 aromatic carbocycles. The number of fused-ring (bicyclic) bond motifs is 3. The summed E-state index contributed by atoms with van der Waals surface area (Å²) in [6.45, 7) is 0. The Hall–Kier alpha value is -3.65. The van der Waals surface area contributed by atoms with Gasteiger partial charge in [-0.05, 0) is 53.6 Å². The van der Waals surface area contributed by atoms with Crippen molar-refractivity contribution in [3.8, 4) is 11.5 Å². The Morgan fingerprint density at radius 2 is 1.79 bits per heavy atom. The van der Waals surface area contributed by atoms with E-state index in [1.807, 2.05) is 53.2 Å². The van der Waals surface area contributed by atoms with E-state index in [4.69, 9.17) is 9.47 Å². The van der Waals surface area contributed by atoms with Gasteiger partial charge in [0.1, 0.15) is 35.8 Å². The second-order valence-corrected chi connectivity index (χ2v) is 8.76. The normalized spacial score (nSPS) is 18.5. The lowest BCUT2D eigenvalue weighted by atomic mass is 9.84. The standard InChI is InChI=1S/C25H18BrFN4O2/c1-32-18-9-4-15(5-10-18)24-21-22(19-12-17(27)8-11-20(19)33-24)30-25-28-13-29-31(25)23(21)14-2-6-16(26)7-3-14/h2-13,23-24H,1H3,(H,28,29,30)/t23-,24-/m0/s1. The number of aromatic nitrogens is 3. The Bertz CT molecular complexity index is 1380. The van der Waals surface area contributed by atoms with Gasteiger partial charge in [0, 0.05) is 15.6 Å². The van der Waals surface area contributed by atoms with Crippen LogP contribution in [0, 0.1) is 5.82 Å². The lowest BCUT2D eigenvalue weighted by Crippen LogP contribution is -2.32. The van der Waals surface area contributed by atoms with Crippen molar-refractivity contribution in [3.05, 3.63) is 106 Å². The second kappa shape index (κ2) is 7.74. The molecule has 0 saturated heterocycles. The molecule has 3 heterocycles. The maximum absolute atomic E-state index is 14.3. The van der Waals surface area contributed by atoms with Gasteiger partial charge in [0.25, 0.3) is 0 Å². The lowest BCUT2D eigenvalue weighted by molar-refractivity contribution is 0.222. The Kier molecular flexibility index (Phi) is 4.69. The molecule has 6 nitrogen and oxygen atoms in total. The number of nitrogens with zero attached hydrogens (tertiary/aromatic N) is 3. The van der Waals surface area contributed by atoms with E-state index in [1.54, 1.807) is 13.2 Å². The van der Waals surface area contributed by atoms with Crippen molar-refractivity contribution in [2.45, 2.75) is 12.1 Å². The van der Waals surface area contributed by atoms with Crippen molar-refractivity contribution in [1.82, 2.24) is 14.8 Å². The molecule has 33 heavy (non-hydrogen) atoms. The van der Waals surface area contributed by atoms with E-state index in [-0.39, 0.29) is 11.9 Å². The first kappa shape index (κ1) is 20.0. The van der Waals surface area contributed by atoms with E-state index in [9.17, 15) is 4.39 Å². The molecule has 0 fully saturated rings. The Balaban J connectivity index is 1.61. The van der Waals surface area contributed by atoms with Crippen LogP contribution in [0.5, 0.6) is 11.5 Å². The van der Waals surface area contributed by atoms with Gasteiger partial charge in [0.15, 0.2) is 0 Å². The molecule has 1 aromatic heterocycles. The van der Waals surface area contributed by atoms with Crippen LogP contribution in [0.1, 0.15) is 28.8 Å². The van der Waals surface area contributed by atoms with Crippen molar-refractivity contribution in [2.75, 3.05) is 12.4 Å². The van der Waals surface area contributed by atoms with Crippen molar-refractivity contribution < 1.29 is 13.9 Å². The highest BCUT2D eigenvalue weighted by molar-refractivity contribution is 9.10. The molecule has 2 aliphatic heterocycles. The SMILES string of the molecule is COc1ccc([C@@H]2Oc3ccc(F)cc3C3=C2[C@H](c2ccc(Br)cc2)n2ncnc2N3)cc1. The summed E-state index contributed by atoms with van der Waals surface area (Å²) in [5.41, 5.74) is 4.33. The fraction of sp³-hybridized carbons (Fsp3) is 0.120. The van der Waals surface area contributed by atoms with E-state index < -0.39 is 6.10 Å². The van der Waals surface area contributed by atoms with Crippen LogP contribution in [0.15, 0.2) is 83.1 Å². The van der Waals surface area contributed by atoms with Gasteiger partial charge in [-0.25, -0.2) is 9.07 Å². The van der Waals surface area contributed by atoms with Gasteiger partial charge in [-0.1, -0.05) is 40.2 Å². The summed E-state index contributed by atoms with van der Waals surface area (Å²) in [6, 6.07) is 20.1. The smallest absolute Gasteiger partial charge is 0.226 e. The molecule has 164 valence electrons. The van der Waals surface area contributed by atoms with Gasteiger partial charge >= 0.3 is 0 Å². The largest absolute Gasteiger partial charge is 0.497 e. The van der Waals surface area contributed by atoms with Gasteiger partial charge in [-0.15, -0.1) is 0 Å². The first-order valence-corrected chi connectivity index (χ1v) is 11.2. The molecule has 4 aromatic rings. The van der Waals surface area contributed by atoms with Crippen molar-refractivity contribution >= 4 is 27.6 Å². The first-order valence-electron chi connectivity index (χ1n) is 10.4. The van der Waals surface area contributed by atoms with Crippen LogP contribution < -0.4 is 14.8 Å².